The van der Waals surface area contributed by atoms with Gasteiger partial charge in [-0.3, -0.25) is 14.7 Å². The smallest absolute Gasteiger partial charge is 0.238 e. The molecule has 138 valence electrons. The number of ether oxygens (including phenoxy) is 1. The summed E-state index contributed by atoms with van der Waals surface area (Å²) in [7, 11) is 1.60. The molecule has 1 amide bonds. The molecule has 2 aromatic heterocycles. The molecule has 4 rings (SSSR count). The monoisotopic (exact) mass is 365 g/mol. The van der Waals surface area contributed by atoms with Gasteiger partial charge < -0.3 is 14.6 Å². The molecule has 0 radical (unpaired) electrons. The Morgan fingerprint density at radius 2 is 2.22 bits per heavy atom. The summed E-state index contributed by atoms with van der Waals surface area (Å²) < 4.78 is 10.5. The van der Waals surface area contributed by atoms with Crippen LogP contribution in [-0.4, -0.2) is 52.7 Å². The number of carbonyl (C=O) groups excluding carboxylic acids is 1. The molecule has 27 heavy (non-hydrogen) atoms. The molecular formula is C19H19N5O3. The van der Waals surface area contributed by atoms with Crippen LogP contribution in [0.4, 0.5) is 5.69 Å². The van der Waals surface area contributed by atoms with Crippen LogP contribution in [0.3, 0.4) is 0 Å². The molecule has 3 aromatic rings. The number of carbonyl (C=O) groups is 1. The van der Waals surface area contributed by atoms with Crippen molar-refractivity contribution in [1.29, 1.82) is 0 Å². The Balaban J connectivity index is 1.28. The summed E-state index contributed by atoms with van der Waals surface area (Å²) in [5, 5.41) is 6.89. The first-order chi connectivity index (χ1) is 13.2. The van der Waals surface area contributed by atoms with E-state index in [1.54, 1.807) is 25.6 Å². The van der Waals surface area contributed by atoms with Gasteiger partial charge in [-0.05, 0) is 24.3 Å². The quantitative estimate of drug-likeness (QED) is 0.715. The zero-order valence-electron chi connectivity index (χ0n) is 14.8. The molecule has 8 nitrogen and oxygen atoms in total. The Morgan fingerprint density at radius 1 is 1.33 bits per heavy atom. The van der Waals surface area contributed by atoms with Gasteiger partial charge in [-0.25, -0.2) is 0 Å². The Morgan fingerprint density at radius 3 is 3.00 bits per heavy atom. The highest BCUT2D eigenvalue weighted by Gasteiger charge is 2.33. The van der Waals surface area contributed by atoms with Crippen LogP contribution in [0.2, 0.25) is 0 Å². The second-order valence-corrected chi connectivity index (χ2v) is 6.37. The molecule has 1 saturated heterocycles. The van der Waals surface area contributed by atoms with E-state index in [0.29, 0.717) is 37.1 Å². The Labute approximate surface area is 156 Å². The number of pyridine rings is 1. The van der Waals surface area contributed by atoms with Crippen LogP contribution in [0.5, 0.6) is 5.75 Å². The molecule has 1 N–H and O–H groups in total. The summed E-state index contributed by atoms with van der Waals surface area (Å²) in [6.07, 6.45) is 3.40. The molecule has 1 aromatic carbocycles. The number of nitrogens with zero attached hydrogens (tertiary/aromatic N) is 4. The van der Waals surface area contributed by atoms with Crippen molar-refractivity contribution < 1.29 is 14.1 Å². The lowest BCUT2D eigenvalue weighted by Gasteiger charge is -2.36. The van der Waals surface area contributed by atoms with E-state index >= 15 is 0 Å². The highest BCUT2D eigenvalue weighted by Crippen LogP contribution is 2.27. The van der Waals surface area contributed by atoms with Crippen LogP contribution in [0.15, 0.2) is 53.3 Å². The molecule has 1 aliphatic rings. The molecule has 0 bridgehead atoms. The molecule has 3 heterocycles. The number of amides is 1. The van der Waals surface area contributed by atoms with E-state index in [9.17, 15) is 4.79 Å². The topological polar surface area (TPSA) is 93.4 Å². The van der Waals surface area contributed by atoms with Crippen molar-refractivity contribution in [3.05, 3.63) is 54.7 Å². The maximum atomic E-state index is 12.2. The number of aromatic nitrogens is 3. The number of likely N-dealkylation sites (tertiary alicyclic amines) is 1. The van der Waals surface area contributed by atoms with Crippen molar-refractivity contribution in [1.82, 2.24) is 20.0 Å². The maximum absolute atomic E-state index is 12.2. The van der Waals surface area contributed by atoms with E-state index in [4.69, 9.17) is 9.26 Å². The molecule has 0 saturated carbocycles. The first kappa shape index (κ1) is 17.2. The molecule has 0 spiro atoms. The SMILES string of the molecule is COc1cccc(NC(=O)CN2CC(c3nc(-c4cccnc4)no3)C2)c1. The fourth-order valence-electron chi connectivity index (χ4n) is 2.97. The zero-order chi connectivity index (χ0) is 18.6. The second kappa shape index (κ2) is 7.55. The third kappa shape index (κ3) is 3.95. The number of hydrogen-bond donors (Lipinski definition) is 1. The second-order valence-electron chi connectivity index (χ2n) is 6.37. The van der Waals surface area contributed by atoms with Crippen molar-refractivity contribution in [2.24, 2.45) is 0 Å². The average Bonchev–Trinajstić information content (AvgIpc) is 3.15. The first-order valence-electron chi connectivity index (χ1n) is 8.61. The lowest BCUT2D eigenvalue weighted by molar-refractivity contribution is -0.118. The highest BCUT2D eigenvalue weighted by atomic mass is 16.5. The van der Waals surface area contributed by atoms with Crippen LogP contribution in [0.1, 0.15) is 11.8 Å². The van der Waals surface area contributed by atoms with Gasteiger partial charge in [-0.1, -0.05) is 11.2 Å². The Kier molecular flexibility index (Phi) is 4.80. The molecule has 0 aliphatic carbocycles. The predicted octanol–water partition coefficient (Wildman–Crippen LogP) is 2.18. The van der Waals surface area contributed by atoms with E-state index in [2.05, 4.69) is 20.4 Å². The van der Waals surface area contributed by atoms with E-state index in [1.165, 1.54) is 0 Å². The van der Waals surface area contributed by atoms with Gasteiger partial charge in [-0.15, -0.1) is 0 Å². The third-order valence-corrected chi connectivity index (χ3v) is 4.39. The van der Waals surface area contributed by atoms with Crippen molar-refractivity contribution in [3.63, 3.8) is 0 Å². The van der Waals surface area contributed by atoms with Crippen molar-refractivity contribution >= 4 is 11.6 Å². The van der Waals surface area contributed by atoms with Crippen molar-refractivity contribution in [3.8, 4) is 17.1 Å². The highest BCUT2D eigenvalue weighted by molar-refractivity contribution is 5.92. The first-order valence-corrected chi connectivity index (χ1v) is 8.61. The summed E-state index contributed by atoms with van der Waals surface area (Å²) in [5.74, 6) is 1.92. The number of methoxy groups -OCH3 is 1. The zero-order valence-corrected chi connectivity index (χ0v) is 14.8. The third-order valence-electron chi connectivity index (χ3n) is 4.39. The van der Waals surface area contributed by atoms with Gasteiger partial charge in [-0.2, -0.15) is 4.98 Å². The van der Waals surface area contributed by atoms with Gasteiger partial charge in [0, 0.05) is 42.8 Å². The summed E-state index contributed by atoms with van der Waals surface area (Å²) >= 11 is 0. The molecule has 0 unspecified atom stereocenters. The van der Waals surface area contributed by atoms with Crippen LogP contribution in [0.25, 0.3) is 11.4 Å². The molecule has 0 atom stereocenters. The summed E-state index contributed by atoms with van der Waals surface area (Å²) in [6, 6.07) is 11.0. The minimum Gasteiger partial charge on any atom is -0.497 e. The number of benzene rings is 1. The van der Waals surface area contributed by atoms with E-state index in [-0.39, 0.29) is 11.8 Å². The Hall–Kier alpha value is -3.26. The summed E-state index contributed by atoms with van der Waals surface area (Å²) in [4.78, 5) is 22.7. The number of nitrogens with one attached hydrogen (secondary N) is 1. The van der Waals surface area contributed by atoms with E-state index in [0.717, 1.165) is 11.3 Å². The number of anilines is 1. The largest absolute Gasteiger partial charge is 0.497 e. The van der Waals surface area contributed by atoms with Crippen LogP contribution < -0.4 is 10.1 Å². The number of rotatable bonds is 6. The van der Waals surface area contributed by atoms with E-state index < -0.39 is 0 Å². The minimum atomic E-state index is -0.0664. The molecule has 1 fully saturated rings. The van der Waals surface area contributed by atoms with Crippen molar-refractivity contribution in [2.75, 3.05) is 32.1 Å². The number of hydrogen-bond acceptors (Lipinski definition) is 7. The van der Waals surface area contributed by atoms with Gasteiger partial charge in [0.15, 0.2) is 0 Å². The maximum Gasteiger partial charge on any atom is 0.238 e. The summed E-state index contributed by atoms with van der Waals surface area (Å²) in [5.41, 5.74) is 1.54. The molecule has 8 heteroatoms. The van der Waals surface area contributed by atoms with Crippen LogP contribution in [0, 0.1) is 0 Å². The predicted molar refractivity (Wildman–Crippen MR) is 98.3 cm³/mol. The Bertz CT molecular complexity index is 922. The fourth-order valence-corrected chi connectivity index (χ4v) is 2.97. The van der Waals surface area contributed by atoms with Crippen LogP contribution >= 0.6 is 0 Å². The lowest BCUT2D eigenvalue weighted by Crippen LogP contribution is -2.48. The molecular weight excluding hydrogens is 346 g/mol. The van der Waals surface area contributed by atoms with Gasteiger partial charge in [0.1, 0.15) is 5.75 Å². The molecule has 1 aliphatic heterocycles. The van der Waals surface area contributed by atoms with Gasteiger partial charge in [0.25, 0.3) is 0 Å². The fraction of sp³-hybridized carbons (Fsp3) is 0.263. The van der Waals surface area contributed by atoms with Crippen LogP contribution in [-0.2, 0) is 4.79 Å². The van der Waals surface area contributed by atoms with Gasteiger partial charge in [0.05, 0.1) is 19.6 Å². The van der Waals surface area contributed by atoms with Gasteiger partial charge in [0.2, 0.25) is 17.6 Å². The van der Waals surface area contributed by atoms with Gasteiger partial charge >= 0.3 is 0 Å². The normalized spacial score (nSPS) is 14.6. The minimum absolute atomic E-state index is 0.0664. The van der Waals surface area contributed by atoms with Crippen molar-refractivity contribution in [2.45, 2.75) is 5.92 Å². The standard InChI is InChI=1S/C19H19N5O3/c1-26-16-6-2-5-15(8-16)21-17(25)12-24-10-14(11-24)19-22-18(23-27-19)13-4-3-7-20-9-13/h2-9,14H,10-12H2,1H3,(H,21,25). The lowest BCUT2D eigenvalue weighted by atomic mass is 10.0. The van der Waals surface area contributed by atoms with E-state index in [1.807, 2.05) is 35.2 Å². The average molecular weight is 365 g/mol. The summed E-state index contributed by atoms with van der Waals surface area (Å²) in [6.45, 7) is 1.73.